The van der Waals surface area contributed by atoms with Gasteiger partial charge in [0.15, 0.2) is 5.78 Å². The molecule has 1 unspecified atom stereocenters. The Balaban J connectivity index is 2.99. The quantitative estimate of drug-likeness (QED) is 0.770. The second-order valence-electron chi connectivity index (χ2n) is 4.66. The lowest BCUT2D eigenvalue weighted by Gasteiger charge is -2.10. The Morgan fingerprint density at radius 1 is 1.29 bits per heavy atom. The van der Waals surface area contributed by atoms with Crippen molar-refractivity contribution in [3.63, 3.8) is 0 Å². The van der Waals surface area contributed by atoms with Crippen molar-refractivity contribution in [1.82, 2.24) is 5.32 Å². The van der Waals surface area contributed by atoms with Crippen LogP contribution in [0.5, 0.6) is 0 Å². The third kappa shape index (κ3) is 5.91. The number of carbonyl (C=O) groups is 3. The molecule has 1 amide bonds. The lowest BCUT2D eigenvalue weighted by atomic mass is 10.0. The number of amides is 1. The summed E-state index contributed by atoms with van der Waals surface area (Å²) >= 11 is 3.31. The average molecular weight is 354 g/mol. The molecule has 0 bridgehead atoms. The summed E-state index contributed by atoms with van der Waals surface area (Å²) in [6.07, 6.45) is 1.36. The summed E-state index contributed by atoms with van der Waals surface area (Å²) in [5.74, 6) is -2.65. The summed E-state index contributed by atoms with van der Waals surface area (Å²) in [7, 11) is 0. The maximum atomic E-state index is 12.1. The number of nitrogens with one attached hydrogen (secondary N) is 1. The van der Waals surface area contributed by atoms with E-state index >= 15 is 0 Å². The number of carboxylic acids is 1. The molecule has 0 saturated carbocycles. The molecule has 1 rings (SSSR count). The van der Waals surface area contributed by atoms with E-state index in [4.69, 9.17) is 5.11 Å². The topological polar surface area (TPSA) is 83.5 Å². The van der Waals surface area contributed by atoms with Gasteiger partial charge in [-0.2, -0.15) is 0 Å². The number of hydrogen-bond acceptors (Lipinski definition) is 3. The Morgan fingerprint density at radius 2 is 1.86 bits per heavy atom. The number of halogens is 1. The Hall–Kier alpha value is -1.95. The first-order valence-corrected chi connectivity index (χ1v) is 7.09. The maximum absolute atomic E-state index is 12.1. The van der Waals surface area contributed by atoms with Crippen LogP contribution in [0.4, 0.5) is 0 Å². The van der Waals surface area contributed by atoms with Gasteiger partial charge in [-0.1, -0.05) is 35.0 Å². The lowest BCUT2D eigenvalue weighted by Crippen LogP contribution is -2.27. The molecule has 1 atom stereocenters. The number of rotatable bonds is 6. The van der Waals surface area contributed by atoms with Gasteiger partial charge >= 0.3 is 5.97 Å². The average Bonchev–Trinajstić information content (AvgIpc) is 2.39. The van der Waals surface area contributed by atoms with Gasteiger partial charge in [-0.05, 0) is 23.8 Å². The molecule has 0 saturated heterocycles. The standard InChI is InChI=1S/C15H16BrNO4/c1-9(15(20)21)7-14(19)13(17-10(2)18)8-11-3-5-12(16)6-4-11/h3-6,8-9H,7H2,1-2H3,(H,17,18)(H,20,21)/b13-8+. The van der Waals surface area contributed by atoms with Crippen molar-refractivity contribution in [2.75, 3.05) is 0 Å². The third-order valence-electron chi connectivity index (χ3n) is 2.71. The van der Waals surface area contributed by atoms with Crippen LogP contribution in [0, 0.1) is 5.92 Å². The first-order chi connectivity index (χ1) is 9.79. The Bertz CT molecular complexity index is 578. The van der Waals surface area contributed by atoms with Crippen molar-refractivity contribution in [1.29, 1.82) is 0 Å². The van der Waals surface area contributed by atoms with Crippen molar-refractivity contribution in [3.8, 4) is 0 Å². The van der Waals surface area contributed by atoms with Crippen LogP contribution in [0.15, 0.2) is 34.4 Å². The molecule has 0 radical (unpaired) electrons. The van der Waals surface area contributed by atoms with Crippen molar-refractivity contribution in [2.45, 2.75) is 20.3 Å². The predicted octanol–water partition coefficient (Wildman–Crippen LogP) is 2.61. The van der Waals surface area contributed by atoms with Gasteiger partial charge in [0.05, 0.1) is 11.6 Å². The molecule has 1 aromatic rings. The van der Waals surface area contributed by atoms with E-state index in [0.717, 1.165) is 10.0 Å². The fourth-order valence-electron chi connectivity index (χ4n) is 1.58. The predicted molar refractivity (Wildman–Crippen MR) is 82.4 cm³/mol. The third-order valence-corrected chi connectivity index (χ3v) is 3.23. The van der Waals surface area contributed by atoms with E-state index in [9.17, 15) is 14.4 Å². The molecular weight excluding hydrogens is 338 g/mol. The number of ketones is 1. The van der Waals surface area contributed by atoms with Gasteiger partial charge < -0.3 is 10.4 Å². The number of allylic oxidation sites excluding steroid dienone is 1. The summed E-state index contributed by atoms with van der Waals surface area (Å²) in [4.78, 5) is 34.1. The Morgan fingerprint density at radius 3 is 2.33 bits per heavy atom. The van der Waals surface area contributed by atoms with Crippen LogP contribution in [-0.4, -0.2) is 22.8 Å². The van der Waals surface area contributed by atoms with E-state index < -0.39 is 17.7 Å². The summed E-state index contributed by atoms with van der Waals surface area (Å²) in [5.41, 5.74) is 0.830. The van der Waals surface area contributed by atoms with Crippen molar-refractivity contribution >= 4 is 39.7 Å². The van der Waals surface area contributed by atoms with E-state index in [-0.39, 0.29) is 18.0 Å². The van der Waals surface area contributed by atoms with Crippen molar-refractivity contribution in [3.05, 3.63) is 40.0 Å². The SMILES string of the molecule is CC(=O)N/C(=C/c1ccc(Br)cc1)C(=O)CC(C)C(=O)O. The number of Topliss-reactive ketones (excluding diaryl/α,β-unsaturated/α-hetero) is 1. The first-order valence-electron chi connectivity index (χ1n) is 6.30. The van der Waals surface area contributed by atoms with Crippen LogP contribution in [0.1, 0.15) is 25.8 Å². The number of carboxylic acid groups (broad SMARTS) is 1. The van der Waals surface area contributed by atoms with Gasteiger partial charge in [-0.3, -0.25) is 14.4 Å². The summed E-state index contributed by atoms with van der Waals surface area (Å²) < 4.78 is 0.895. The zero-order valence-corrected chi connectivity index (χ0v) is 13.3. The highest BCUT2D eigenvalue weighted by atomic mass is 79.9. The summed E-state index contributed by atoms with van der Waals surface area (Å²) in [6, 6.07) is 7.17. The van der Waals surface area contributed by atoms with Crippen molar-refractivity contribution in [2.24, 2.45) is 5.92 Å². The van der Waals surface area contributed by atoms with E-state index in [1.165, 1.54) is 19.9 Å². The van der Waals surface area contributed by atoms with Crippen LogP contribution in [0.25, 0.3) is 6.08 Å². The van der Waals surface area contributed by atoms with Crippen LogP contribution in [0.3, 0.4) is 0 Å². The first kappa shape index (κ1) is 17.1. The molecule has 0 aliphatic heterocycles. The van der Waals surface area contributed by atoms with Crippen LogP contribution in [0.2, 0.25) is 0 Å². The minimum atomic E-state index is -1.05. The Kier molecular flexibility index (Phi) is 6.30. The molecule has 0 aliphatic carbocycles. The van der Waals surface area contributed by atoms with Gasteiger partial charge in [-0.15, -0.1) is 0 Å². The fourth-order valence-corrected chi connectivity index (χ4v) is 1.84. The van der Waals surface area contributed by atoms with Gasteiger partial charge in [-0.25, -0.2) is 0 Å². The number of carbonyl (C=O) groups excluding carboxylic acids is 2. The largest absolute Gasteiger partial charge is 0.481 e. The number of benzene rings is 1. The molecule has 5 nitrogen and oxygen atoms in total. The van der Waals surface area contributed by atoms with Gasteiger partial charge in [0.2, 0.25) is 5.91 Å². The summed E-state index contributed by atoms with van der Waals surface area (Å²) in [5, 5.41) is 11.3. The molecule has 2 N–H and O–H groups in total. The molecule has 21 heavy (non-hydrogen) atoms. The minimum absolute atomic E-state index is 0.0953. The zero-order valence-electron chi connectivity index (χ0n) is 11.7. The lowest BCUT2D eigenvalue weighted by molar-refractivity contribution is -0.142. The minimum Gasteiger partial charge on any atom is -0.481 e. The Labute approximate surface area is 131 Å². The maximum Gasteiger partial charge on any atom is 0.306 e. The highest BCUT2D eigenvalue weighted by Gasteiger charge is 2.19. The molecule has 0 heterocycles. The van der Waals surface area contributed by atoms with Gasteiger partial charge in [0, 0.05) is 17.8 Å². The normalized spacial score (nSPS) is 12.6. The van der Waals surface area contributed by atoms with E-state index in [1.54, 1.807) is 12.1 Å². The molecule has 0 aromatic heterocycles. The molecule has 112 valence electrons. The second-order valence-corrected chi connectivity index (χ2v) is 5.57. The van der Waals surface area contributed by atoms with Crippen LogP contribution < -0.4 is 5.32 Å². The molecule has 0 spiro atoms. The monoisotopic (exact) mass is 353 g/mol. The van der Waals surface area contributed by atoms with E-state index in [2.05, 4.69) is 21.2 Å². The smallest absolute Gasteiger partial charge is 0.306 e. The number of aliphatic carboxylic acids is 1. The highest BCUT2D eigenvalue weighted by Crippen LogP contribution is 2.14. The highest BCUT2D eigenvalue weighted by molar-refractivity contribution is 9.10. The molecule has 6 heteroatoms. The van der Waals surface area contributed by atoms with Gasteiger partial charge in [0.1, 0.15) is 0 Å². The number of hydrogen-bond donors (Lipinski definition) is 2. The van der Waals surface area contributed by atoms with Crippen LogP contribution in [-0.2, 0) is 14.4 Å². The molecule has 1 aromatic carbocycles. The van der Waals surface area contributed by atoms with Gasteiger partial charge in [0.25, 0.3) is 0 Å². The zero-order chi connectivity index (χ0) is 16.0. The van der Waals surface area contributed by atoms with E-state index in [1.807, 2.05) is 12.1 Å². The van der Waals surface area contributed by atoms with Crippen molar-refractivity contribution < 1.29 is 19.5 Å². The summed E-state index contributed by atoms with van der Waals surface area (Å²) in [6.45, 7) is 2.74. The molecular formula is C15H16BrNO4. The second kappa shape index (κ2) is 7.73. The molecule has 0 fully saturated rings. The fraction of sp³-hybridized carbons (Fsp3) is 0.267. The van der Waals surface area contributed by atoms with E-state index in [0.29, 0.717) is 0 Å². The van der Waals surface area contributed by atoms with Crippen LogP contribution >= 0.6 is 15.9 Å². The molecule has 0 aliphatic rings.